The Hall–Kier alpha value is -1.32. The van der Waals surface area contributed by atoms with Gasteiger partial charge in [0.25, 0.3) is 0 Å². The van der Waals surface area contributed by atoms with Gasteiger partial charge < -0.3 is 4.90 Å². The van der Waals surface area contributed by atoms with E-state index in [0.717, 1.165) is 22.3 Å². The minimum Gasteiger partial charge on any atom is -0.326 e. The Labute approximate surface area is 116 Å². The quantitative estimate of drug-likeness (QED) is 0.754. The van der Waals surface area contributed by atoms with Gasteiger partial charge in [0.2, 0.25) is 0 Å². The van der Waals surface area contributed by atoms with Crippen LogP contribution in [0, 0.1) is 0 Å². The van der Waals surface area contributed by atoms with Crippen LogP contribution in [0.1, 0.15) is 5.56 Å². The van der Waals surface area contributed by atoms with Crippen molar-refractivity contribution in [2.75, 3.05) is 5.75 Å². The topological polar surface area (TPSA) is 3.24 Å². The summed E-state index contributed by atoms with van der Waals surface area (Å²) in [6.07, 6.45) is 0. The number of benzene rings is 2. The van der Waals surface area contributed by atoms with E-state index in [0.29, 0.717) is 0 Å². The van der Waals surface area contributed by atoms with E-state index in [1.54, 1.807) is 11.8 Å². The van der Waals surface area contributed by atoms with Gasteiger partial charge >= 0.3 is 0 Å². The molecular formula is C15H13NS2. The standard InChI is InChI=1S/C15H13NS2/c1-11-10-18-15(17)16(11)9-12-6-7-13-4-2-3-5-14(13)8-12/h2-8H,1,9-10H2. The number of hydrogen-bond acceptors (Lipinski definition) is 2. The smallest absolute Gasteiger partial charge is 0.141 e. The second-order valence-electron chi connectivity index (χ2n) is 4.39. The summed E-state index contributed by atoms with van der Waals surface area (Å²) in [7, 11) is 0. The maximum absolute atomic E-state index is 5.34. The Bertz CT molecular complexity index is 617. The Morgan fingerprint density at radius 2 is 1.94 bits per heavy atom. The number of fused-ring (bicyclic) bond motifs is 1. The Kier molecular flexibility index (Phi) is 3.10. The summed E-state index contributed by atoms with van der Waals surface area (Å²) in [5, 5.41) is 2.55. The number of nitrogens with zero attached hydrogens (tertiary/aromatic N) is 1. The van der Waals surface area contributed by atoms with Gasteiger partial charge in [-0.1, -0.05) is 67.0 Å². The van der Waals surface area contributed by atoms with E-state index < -0.39 is 0 Å². The van der Waals surface area contributed by atoms with Crippen LogP contribution in [0.3, 0.4) is 0 Å². The molecular weight excluding hydrogens is 258 g/mol. The molecule has 1 aliphatic rings. The van der Waals surface area contributed by atoms with Gasteiger partial charge in [-0.2, -0.15) is 0 Å². The van der Waals surface area contributed by atoms with Crippen molar-refractivity contribution in [3.05, 3.63) is 60.3 Å². The Morgan fingerprint density at radius 3 is 2.67 bits per heavy atom. The van der Waals surface area contributed by atoms with Crippen LogP contribution in [0.2, 0.25) is 0 Å². The Balaban J connectivity index is 1.91. The summed E-state index contributed by atoms with van der Waals surface area (Å²) in [6.45, 7) is 4.89. The highest BCUT2D eigenvalue weighted by atomic mass is 32.2. The molecule has 3 heteroatoms. The van der Waals surface area contributed by atoms with E-state index in [9.17, 15) is 0 Å². The molecule has 1 nitrogen and oxygen atoms in total. The van der Waals surface area contributed by atoms with E-state index in [1.807, 2.05) is 0 Å². The molecule has 0 spiro atoms. The predicted molar refractivity (Wildman–Crippen MR) is 83.7 cm³/mol. The van der Waals surface area contributed by atoms with Crippen LogP contribution in [-0.2, 0) is 6.54 Å². The van der Waals surface area contributed by atoms with Crippen molar-refractivity contribution in [2.24, 2.45) is 0 Å². The van der Waals surface area contributed by atoms with Crippen molar-refractivity contribution in [3.8, 4) is 0 Å². The maximum atomic E-state index is 5.34. The zero-order valence-corrected chi connectivity index (χ0v) is 11.6. The molecule has 18 heavy (non-hydrogen) atoms. The van der Waals surface area contributed by atoms with Crippen LogP contribution in [0.15, 0.2) is 54.7 Å². The predicted octanol–water partition coefficient (Wildman–Crippen LogP) is 4.19. The monoisotopic (exact) mass is 271 g/mol. The van der Waals surface area contributed by atoms with Gasteiger partial charge in [-0.15, -0.1) is 0 Å². The van der Waals surface area contributed by atoms with Gasteiger partial charge in [-0.25, -0.2) is 0 Å². The number of hydrogen-bond donors (Lipinski definition) is 0. The SMILES string of the molecule is C=C1CSC(=S)N1Cc1ccc2ccccc2c1. The molecule has 3 rings (SSSR count). The molecule has 2 aromatic carbocycles. The van der Waals surface area contributed by atoms with Crippen molar-refractivity contribution in [1.82, 2.24) is 4.90 Å². The molecule has 0 aliphatic carbocycles. The average molecular weight is 271 g/mol. The van der Waals surface area contributed by atoms with Gasteiger partial charge in [-0.3, -0.25) is 0 Å². The molecule has 0 amide bonds. The lowest BCUT2D eigenvalue weighted by Gasteiger charge is -2.18. The molecule has 1 fully saturated rings. The summed E-state index contributed by atoms with van der Waals surface area (Å²) >= 11 is 7.03. The summed E-state index contributed by atoms with van der Waals surface area (Å²) < 4.78 is 0.938. The Morgan fingerprint density at radius 1 is 1.17 bits per heavy atom. The molecule has 0 atom stereocenters. The minimum absolute atomic E-state index is 0.829. The second-order valence-corrected chi connectivity index (χ2v) is 6.00. The molecule has 0 unspecified atom stereocenters. The molecule has 0 aromatic heterocycles. The van der Waals surface area contributed by atoms with Crippen molar-refractivity contribution < 1.29 is 0 Å². The first-order valence-electron chi connectivity index (χ1n) is 5.84. The molecule has 1 aliphatic heterocycles. The van der Waals surface area contributed by atoms with E-state index in [-0.39, 0.29) is 0 Å². The summed E-state index contributed by atoms with van der Waals surface area (Å²) in [4.78, 5) is 2.13. The maximum Gasteiger partial charge on any atom is 0.141 e. The van der Waals surface area contributed by atoms with Crippen LogP contribution in [-0.4, -0.2) is 15.0 Å². The fourth-order valence-corrected chi connectivity index (χ4v) is 3.29. The zero-order valence-electron chi connectivity index (χ0n) is 9.93. The van der Waals surface area contributed by atoms with E-state index in [4.69, 9.17) is 12.2 Å². The third kappa shape index (κ3) is 2.16. The molecule has 90 valence electrons. The molecule has 1 saturated heterocycles. The van der Waals surface area contributed by atoms with Crippen LogP contribution in [0.4, 0.5) is 0 Å². The number of thiocarbonyl (C=S) groups is 1. The van der Waals surface area contributed by atoms with Crippen LogP contribution in [0.25, 0.3) is 10.8 Å². The highest BCUT2D eigenvalue weighted by Crippen LogP contribution is 2.28. The van der Waals surface area contributed by atoms with Gasteiger partial charge in [0.05, 0.1) is 0 Å². The summed E-state index contributed by atoms with van der Waals surface area (Å²) in [6, 6.07) is 15.0. The summed E-state index contributed by atoms with van der Waals surface area (Å²) in [5.41, 5.74) is 2.39. The minimum atomic E-state index is 0.829. The first-order valence-corrected chi connectivity index (χ1v) is 7.23. The van der Waals surface area contributed by atoms with Gasteiger partial charge in [-0.05, 0) is 22.4 Å². The fraction of sp³-hybridized carbons (Fsp3) is 0.133. The fourth-order valence-electron chi connectivity index (χ4n) is 2.13. The second kappa shape index (κ2) is 4.75. The molecule has 2 aromatic rings. The lowest BCUT2D eigenvalue weighted by molar-refractivity contribution is 0.539. The zero-order chi connectivity index (χ0) is 12.5. The number of rotatable bonds is 2. The average Bonchev–Trinajstić information content (AvgIpc) is 2.70. The van der Waals surface area contributed by atoms with Crippen molar-refractivity contribution in [1.29, 1.82) is 0 Å². The van der Waals surface area contributed by atoms with Crippen LogP contribution >= 0.6 is 24.0 Å². The van der Waals surface area contributed by atoms with E-state index in [1.165, 1.54) is 16.3 Å². The molecule has 0 bridgehead atoms. The van der Waals surface area contributed by atoms with Crippen molar-refractivity contribution in [3.63, 3.8) is 0 Å². The van der Waals surface area contributed by atoms with Gasteiger partial charge in [0.1, 0.15) is 4.32 Å². The van der Waals surface area contributed by atoms with Crippen molar-refractivity contribution >= 4 is 39.1 Å². The highest BCUT2D eigenvalue weighted by Gasteiger charge is 2.21. The molecule has 0 saturated carbocycles. The third-order valence-electron chi connectivity index (χ3n) is 3.12. The first-order chi connectivity index (χ1) is 8.74. The van der Waals surface area contributed by atoms with Crippen LogP contribution < -0.4 is 0 Å². The molecule has 1 heterocycles. The highest BCUT2D eigenvalue weighted by molar-refractivity contribution is 8.23. The molecule has 0 N–H and O–H groups in total. The van der Waals surface area contributed by atoms with Gasteiger partial charge in [0, 0.05) is 18.0 Å². The van der Waals surface area contributed by atoms with E-state index in [2.05, 4.69) is 53.9 Å². The first kappa shape index (κ1) is 11.8. The van der Waals surface area contributed by atoms with Crippen molar-refractivity contribution in [2.45, 2.75) is 6.54 Å². The lowest BCUT2D eigenvalue weighted by Crippen LogP contribution is -2.20. The molecule has 0 radical (unpaired) electrons. The van der Waals surface area contributed by atoms with Crippen LogP contribution in [0.5, 0.6) is 0 Å². The van der Waals surface area contributed by atoms with E-state index >= 15 is 0 Å². The third-order valence-corrected chi connectivity index (χ3v) is 4.64. The lowest BCUT2D eigenvalue weighted by atomic mass is 10.1. The van der Waals surface area contributed by atoms with Gasteiger partial charge in [0.15, 0.2) is 0 Å². The largest absolute Gasteiger partial charge is 0.326 e. The normalized spacial score (nSPS) is 15.7. The summed E-state index contributed by atoms with van der Waals surface area (Å²) in [5.74, 6) is 0.923. The number of thioether (sulfide) groups is 1.